The molecule has 0 heterocycles. The van der Waals surface area contributed by atoms with Crippen molar-refractivity contribution in [2.75, 3.05) is 0 Å². The third kappa shape index (κ3) is 12.0. The number of hydrogen-bond donors (Lipinski definition) is 0. The fraction of sp³-hybridized carbons (Fsp3) is 0.833. The lowest BCUT2D eigenvalue weighted by atomic mass is 10.1. The maximum Gasteiger partial charge on any atom is 0.0480 e. The third-order valence-corrected chi connectivity index (χ3v) is 3.58. The Kier molecular flexibility index (Phi) is 7.34. The monoisotopic (exact) mass is 198 g/mol. The number of rotatable bonds is 7. The molecule has 13 heavy (non-hydrogen) atoms. The first kappa shape index (κ1) is 13.0. The van der Waals surface area contributed by atoms with Gasteiger partial charge in [0, 0.05) is 8.07 Å². The van der Waals surface area contributed by atoms with E-state index in [4.69, 9.17) is 0 Å². The minimum atomic E-state index is -0.819. The molecule has 0 nitrogen and oxygen atoms in total. The maximum absolute atomic E-state index is 2.43. The lowest BCUT2D eigenvalue weighted by Gasteiger charge is -2.11. The van der Waals surface area contributed by atoms with Crippen LogP contribution in [0.25, 0.3) is 0 Å². The van der Waals surface area contributed by atoms with Crippen LogP contribution in [-0.4, -0.2) is 8.07 Å². The van der Waals surface area contributed by atoms with E-state index in [0.717, 1.165) is 0 Å². The molecule has 0 N–H and O–H groups in total. The van der Waals surface area contributed by atoms with Crippen LogP contribution >= 0.6 is 0 Å². The van der Waals surface area contributed by atoms with Crippen LogP contribution in [0.4, 0.5) is 0 Å². The average molecular weight is 198 g/mol. The SMILES string of the molecule is CCCCCC/C=C\C[Si](C)(C)C. The Labute approximate surface area is 85.4 Å². The predicted octanol–water partition coefficient (Wildman–Crippen LogP) is 4.85. The first-order chi connectivity index (χ1) is 6.06. The van der Waals surface area contributed by atoms with E-state index in [1.165, 1.54) is 38.1 Å². The van der Waals surface area contributed by atoms with Gasteiger partial charge >= 0.3 is 0 Å². The summed E-state index contributed by atoms with van der Waals surface area (Å²) in [4.78, 5) is 0. The van der Waals surface area contributed by atoms with Crippen LogP contribution < -0.4 is 0 Å². The highest BCUT2D eigenvalue weighted by Crippen LogP contribution is 2.09. The average Bonchev–Trinajstić information content (AvgIpc) is 2.01. The molecular formula is C12H26Si. The van der Waals surface area contributed by atoms with Gasteiger partial charge in [0.15, 0.2) is 0 Å². The summed E-state index contributed by atoms with van der Waals surface area (Å²) >= 11 is 0. The summed E-state index contributed by atoms with van der Waals surface area (Å²) in [6.07, 6.45) is 11.6. The molecule has 0 saturated heterocycles. The van der Waals surface area contributed by atoms with Crippen molar-refractivity contribution in [3.8, 4) is 0 Å². The molecule has 0 bridgehead atoms. The Bertz CT molecular complexity index is 131. The Morgan fingerprint density at radius 1 is 0.923 bits per heavy atom. The number of allylic oxidation sites excluding steroid dienone is 2. The summed E-state index contributed by atoms with van der Waals surface area (Å²) in [6, 6.07) is 1.35. The Hall–Kier alpha value is -0.0431. The van der Waals surface area contributed by atoms with Gasteiger partial charge in [-0.2, -0.15) is 0 Å². The zero-order valence-corrected chi connectivity index (χ0v) is 10.9. The van der Waals surface area contributed by atoms with Crippen molar-refractivity contribution in [2.24, 2.45) is 0 Å². The summed E-state index contributed by atoms with van der Waals surface area (Å²) in [6.45, 7) is 9.54. The molecule has 0 aliphatic rings. The van der Waals surface area contributed by atoms with Crippen LogP contribution in [0.15, 0.2) is 12.2 Å². The Morgan fingerprint density at radius 2 is 1.62 bits per heavy atom. The fourth-order valence-electron chi connectivity index (χ4n) is 1.24. The third-order valence-electron chi connectivity index (χ3n) is 2.12. The summed E-state index contributed by atoms with van der Waals surface area (Å²) in [5.74, 6) is 0. The minimum absolute atomic E-state index is 0.819. The summed E-state index contributed by atoms with van der Waals surface area (Å²) in [5, 5.41) is 0. The summed E-state index contributed by atoms with van der Waals surface area (Å²) < 4.78 is 0. The highest BCUT2D eigenvalue weighted by molar-refractivity contribution is 6.76. The van der Waals surface area contributed by atoms with Crippen LogP contribution in [0.1, 0.15) is 39.0 Å². The van der Waals surface area contributed by atoms with Crippen molar-refractivity contribution in [3.63, 3.8) is 0 Å². The molecule has 0 rings (SSSR count). The van der Waals surface area contributed by atoms with Gasteiger partial charge in [0.05, 0.1) is 0 Å². The zero-order valence-electron chi connectivity index (χ0n) is 9.90. The van der Waals surface area contributed by atoms with Crippen molar-refractivity contribution in [1.82, 2.24) is 0 Å². The largest absolute Gasteiger partial charge is 0.0912 e. The molecule has 0 amide bonds. The molecule has 0 aliphatic carbocycles. The molecule has 0 fully saturated rings. The van der Waals surface area contributed by atoms with E-state index in [1.807, 2.05) is 0 Å². The highest BCUT2D eigenvalue weighted by Gasteiger charge is 2.08. The van der Waals surface area contributed by atoms with E-state index < -0.39 is 8.07 Å². The Morgan fingerprint density at radius 3 is 2.15 bits per heavy atom. The van der Waals surface area contributed by atoms with Gasteiger partial charge in [-0.3, -0.25) is 0 Å². The second-order valence-corrected chi connectivity index (χ2v) is 10.6. The highest BCUT2D eigenvalue weighted by atomic mass is 28.3. The zero-order chi connectivity index (χ0) is 10.2. The van der Waals surface area contributed by atoms with E-state index in [-0.39, 0.29) is 0 Å². The summed E-state index contributed by atoms with van der Waals surface area (Å²) in [5.41, 5.74) is 0. The lowest BCUT2D eigenvalue weighted by Crippen LogP contribution is -2.17. The van der Waals surface area contributed by atoms with Crippen molar-refractivity contribution in [2.45, 2.75) is 64.7 Å². The number of hydrogen-bond acceptors (Lipinski definition) is 0. The van der Waals surface area contributed by atoms with Crippen molar-refractivity contribution < 1.29 is 0 Å². The van der Waals surface area contributed by atoms with Crippen molar-refractivity contribution >= 4 is 8.07 Å². The first-order valence-electron chi connectivity index (χ1n) is 5.71. The molecular weight excluding hydrogens is 172 g/mol. The first-order valence-corrected chi connectivity index (χ1v) is 9.42. The van der Waals surface area contributed by atoms with E-state index in [1.54, 1.807) is 0 Å². The van der Waals surface area contributed by atoms with Gasteiger partial charge in [-0.05, 0) is 18.9 Å². The van der Waals surface area contributed by atoms with E-state index >= 15 is 0 Å². The van der Waals surface area contributed by atoms with Crippen molar-refractivity contribution in [1.29, 1.82) is 0 Å². The van der Waals surface area contributed by atoms with Gasteiger partial charge in [0.25, 0.3) is 0 Å². The molecule has 0 spiro atoms. The van der Waals surface area contributed by atoms with Crippen LogP contribution in [0.3, 0.4) is 0 Å². The normalized spacial score (nSPS) is 12.6. The Balaban J connectivity index is 3.22. The second kappa shape index (κ2) is 7.37. The van der Waals surface area contributed by atoms with Gasteiger partial charge < -0.3 is 0 Å². The maximum atomic E-state index is 2.43. The van der Waals surface area contributed by atoms with Crippen LogP contribution in [0, 0.1) is 0 Å². The van der Waals surface area contributed by atoms with Crippen molar-refractivity contribution in [3.05, 3.63) is 12.2 Å². The lowest BCUT2D eigenvalue weighted by molar-refractivity contribution is 0.674. The quantitative estimate of drug-likeness (QED) is 0.312. The van der Waals surface area contributed by atoms with E-state index in [9.17, 15) is 0 Å². The van der Waals surface area contributed by atoms with Gasteiger partial charge in [-0.15, -0.1) is 0 Å². The van der Waals surface area contributed by atoms with Gasteiger partial charge in [0.1, 0.15) is 0 Å². The van der Waals surface area contributed by atoms with Gasteiger partial charge in [0.2, 0.25) is 0 Å². The van der Waals surface area contributed by atoms with Crippen LogP contribution in [0.5, 0.6) is 0 Å². The standard InChI is InChI=1S/C12H26Si/c1-5-6-7-8-9-10-11-12-13(2,3)4/h10-11H,5-9,12H2,1-4H3/b11-10-. The van der Waals surface area contributed by atoms with E-state index in [0.29, 0.717) is 0 Å². The summed E-state index contributed by atoms with van der Waals surface area (Å²) in [7, 11) is -0.819. The molecule has 0 aromatic rings. The van der Waals surface area contributed by atoms with Gasteiger partial charge in [-0.25, -0.2) is 0 Å². The minimum Gasteiger partial charge on any atom is -0.0912 e. The molecule has 0 aromatic heterocycles. The van der Waals surface area contributed by atoms with Gasteiger partial charge in [-0.1, -0.05) is 58.0 Å². The molecule has 0 saturated carbocycles. The topological polar surface area (TPSA) is 0 Å². The molecule has 1 heteroatoms. The number of unbranched alkanes of at least 4 members (excludes halogenated alkanes) is 4. The molecule has 0 aliphatic heterocycles. The van der Waals surface area contributed by atoms with Crippen LogP contribution in [0.2, 0.25) is 25.7 Å². The van der Waals surface area contributed by atoms with E-state index in [2.05, 4.69) is 38.7 Å². The molecule has 0 radical (unpaired) electrons. The molecule has 0 aromatic carbocycles. The smallest absolute Gasteiger partial charge is 0.0480 e. The molecule has 0 atom stereocenters. The predicted molar refractivity (Wildman–Crippen MR) is 66.1 cm³/mol. The second-order valence-electron chi connectivity index (χ2n) is 5.09. The molecule has 0 unspecified atom stereocenters. The van der Waals surface area contributed by atoms with Crippen LogP contribution in [-0.2, 0) is 0 Å². The fourth-order valence-corrected chi connectivity index (χ4v) is 2.12. The molecule has 78 valence electrons.